The molecule has 1 aliphatic heterocycles. The molecule has 1 aliphatic rings. The van der Waals surface area contributed by atoms with Crippen LogP contribution in [0.1, 0.15) is 31.4 Å². The normalized spacial score (nSPS) is 21.7. The van der Waals surface area contributed by atoms with Gasteiger partial charge in [-0.25, -0.2) is 4.39 Å². The molecule has 1 saturated heterocycles. The van der Waals surface area contributed by atoms with E-state index >= 15 is 0 Å². The van der Waals surface area contributed by atoms with E-state index in [-0.39, 0.29) is 11.9 Å². The second-order valence-electron chi connectivity index (χ2n) is 4.42. The zero-order chi connectivity index (χ0) is 12.3. The minimum absolute atomic E-state index is 0.141. The predicted molar refractivity (Wildman–Crippen MR) is 68.7 cm³/mol. The van der Waals surface area contributed by atoms with Crippen LogP contribution < -0.4 is 5.73 Å². The molecule has 1 heterocycles. The van der Waals surface area contributed by atoms with E-state index in [0.717, 1.165) is 35.7 Å². The van der Waals surface area contributed by atoms with Crippen molar-refractivity contribution >= 4 is 11.8 Å². The summed E-state index contributed by atoms with van der Waals surface area (Å²) < 4.78 is 18.7. The van der Waals surface area contributed by atoms with Gasteiger partial charge in [-0.3, -0.25) is 0 Å². The van der Waals surface area contributed by atoms with Crippen LogP contribution in [0.25, 0.3) is 0 Å². The lowest BCUT2D eigenvalue weighted by Crippen LogP contribution is -2.10. The minimum Gasteiger partial charge on any atom is -0.377 e. The zero-order valence-corrected chi connectivity index (χ0v) is 10.8. The molecule has 0 aromatic heterocycles. The summed E-state index contributed by atoms with van der Waals surface area (Å²) in [6, 6.07) is 4.69. The summed E-state index contributed by atoms with van der Waals surface area (Å²) in [5.41, 5.74) is 6.74. The highest BCUT2D eigenvalue weighted by molar-refractivity contribution is 7.99. The van der Waals surface area contributed by atoms with Crippen LogP contribution in [0.15, 0.2) is 23.1 Å². The lowest BCUT2D eigenvalue weighted by Gasteiger charge is -2.14. The summed E-state index contributed by atoms with van der Waals surface area (Å²) in [5, 5.41) is 0. The summed E-state index contributed by atoms with van der Waals surface area (Å²) in [6.07, 6.45) is 2.61. The fourth-order valence-corrected chi connectivity index (χ4v) is 3.17. The van der Waals surface area contributed by atoms with E-state index in [1.54, 1.807) is 11.8 Å². The molecule has 0 spiro atoms. The fraction of sp³-hybridized carbons (Fsp3) is 0.538. The molecule has 94 valence electrons. The third-order valence-electron chi connectivity index (χ3n) is 2.91. The summed E-state index contributed by atoms with van der Waals surface area (Å²) in [4.78, 5) is 1.07. The fourth-order valence-electron chi connectivity index (χ4n) is 1.97. The molecule has 2 N–H and O–H groups in total. The minimum atomic E-state index is -0.223. The van der Waals surface area contributed by atoms with Crippen LogP contribution >= 0.6 is 11.8 Å². The van der Waals surface area contributed by atoms with Gasteiger partial charge >= 0.3 is 0 Å². The van der Waals surface area contributed by atoms with Gasteiger partial charge in [0.25, 0.3) is 0 Å². The Labute approximate surface area is 106 Å². The van der Waals surface area contributed by atoms with Gasteiger partial charge in [0, 0.05) is 23.3 Å². The van der Waals surface area contributed by atoms with Crippen LogP contribution in [0.2, 0.25) is 0 Å². The molecule has 2 atom stereocenters. The summed E-state index contributed by atoms with van der Waals surface area (Å²) in [5.74, 6) is 0.699. The largest absolute Gasteiger partial charge is 0.377 e. The van der Waals surface area contributed by atoms with Crippen LogP contribution in [-0.4, -0.2) is 18.5 Å². The van der Waals surface area contributed by atoms with Crippen molar-refractivity contribution in [2.45, 2.75) is 36.8 Å². The maximum atomic E-state index is 13.2. The zero-order valence-electron chi connectivity index (χ0n) is 9.99. The maximum Gasteiger partial charge on any atom is 0.123 e. The molecule has 0 aliphatic carbocycles. The van der Waals surface area contributed by atoms with Gasteiger partial charge in [-0.2, -0.15) is 0 Å². The first-order valence-electron chi connectivity index (χ1n) is 5.96. The smallest absolute Gasteiger partial charge is 0.123 e. The highest BCUT2D eigenvalue weighted by Crippen LogP contribution is 2.29. The molecule has 1 aromatic rings. The standard InChI is InChI=1S/C13H18FNOS/c1-9(15)12-7-10(14)4-5-13(12)17-8-11-3-2-6-16-11/h4-5,7,9,11H,2-3,6,8,15H2,1H3/t9-,11?/m0/s1. The lowest BCUT2D eigenvalue weighted by atomic mass is 10.1. The third kappa shape index (κ3) is 3.44. The van der Waals surface area contributed by atoms with Crippen LogP contribution in [0, 0.1) is 5.82 Å². The molecule has 2 nitrogen and oxygen atoms in total. The summed E-state index contributed by atoms with van der Waals surface area (Å²) in [6.45, 7) is 2.75. The van der Waals surface area contributed by atoms with Gasteiger partial charge in [-0.1, -0.05) is 0 Å². The molecule has 4 heteroatoms. The SMILES string of the molecule is C[C@H](N)c1cc(F)ccc1SCC1CCCO1. The predicted octanol–water partition coefficient (Wildman–Crippen LogP) is 3.12. The Kier molecular flexibility index (Phi) is 4.42. The third-order valence-corrected chi connectivity index (χ3v) is 4.13. The molecule has 17 heavy (non-hydrogen) atoms. The number of ether oxygens (including phenoxy) is 1. The Bertz CT molecular complexity index is 378. The van der Waals surface area contributed by atoms with Crippen molar-refractivity contribution in [3.63, 3.8) is 0 Å². The van der Waals surface area contributed by atoms with E-state index in [9.17, 15) is 4.39 Å². The second-order valence-corrected chi connectivity index (χ2v) is 5.48. The van der Waals surface area contributed by atoms with Crippen LogP contribution in [0.4, 0.5) is 4.39 Å². The number of hydrogen-bond donors (Lipinski definition) is 1. The van der Waals surface area contributed by atoms with Crippen molar-refractivity contribution in [3.8, 4) is 0 Å². The quantitative estimate of drug-likeness (QED) is 0.840. The van der Waals surface area contributed by atoms with Crippen molar-refractivity contribution in [2.75, 3.05) is 12.4 Å². The van der Waals surface area contributed by atoms with Crippen LogP contribution in [0.5, 0.6) is 0 Å². The Morgan fingerprint density at radius 3 is 3.06 bits per heavy atom. The average molecular weight is 255 g/mol. The van der Waals surface area contributed by atoms with Gasteiger partial charge < -0.3 is 10.5 Å². The molecule has 0 amide bonds. The van der Waals surface area contributed by atoms with E-state index in [1.807, 2.05) is 13.0 Å². The molecule has 1 aromatic carbocycles. The van der Waals surface area contributed by atoms with Crippen LogP contribution in [0.3, 0.4) is 0 Å². The Hall–Kier alpha value is -0.580. The van der Waals surface area contributed by atoms with Crippen molar-refractivity contribution < 1.29 is 9.13 Å². The first-order valence-corrected chi connectivity index (χ1v) is 6.95. The number of benzene rings is 1. The molecular formula is C13H18FNOS. The number of halogens is 1. The van der Waals surface area contributed by atoms with Gasteiger partial charge in [-0.15, -0.1) is 11.8 Å². The van der Waals surface area contributed by atoms with E-state index in [2.05, 4.69) is 0 Å². The van der Waals surface area contributed by atoms with Crippen molar-refractivity contribution in [3.05, 3.63) is 29.6 Å². The van der Waals surface area contributed by atoms with E-state index in [1.165, 1.54) is 12.1 Å². The first-order chi connectivity index (χ1) is 8.16. The topological polar surface area (TPSA) is 35.2 Å². The van der Waals surface area contributed by atoms with Gasteiger partial charge in [0.2, 0.25) is 0 Å². The highest BCUT2D eigenvalue weighted by atomic mass is 32.2. The molecule has 0 saturated carbocycles. The number of hydrogen-bond acceptors (Lipinski definition) is 3. The van der Waals surface area contributed by atoms with Crippen LogP contribution in [-0.2, 0) is 4.74 Å². The molecule has 1 unspecified atom stereocenters. The van der Waals surface area contributed by atoms with Gasteiger partial charge in [0.1, 0.15) is 5.82 Å². The number of nitrogens with two attached hydrogens (primary N) is 1. The second kappa shape index (κ2) is 5.85. The van der Waals surface area contributed by atoms with Crippen molar-refractivity contribution in [1.29, 1.82) is 0 Å². The summed E-state index contributed by atoms with van der Waals surface area (Å²) >= 11 is 1.71. The van der Waals surface area contributed by atoms with Crippen molar-refractivity contribution in [2.24, 2.45) is 5.73 Å². The summed E-state index contributed by atoms with van der Waals surface area (Å²) in [7, 11) is 0. The average Bonchev–Trinajstić information content (AvgIpc) is 2.80. The van der Waals surface area contributed by atoms with Gasteiger partial charge in [0.05, 0.1) is 6.10 Å². The number of rotatable bonds is 4. The molecule has 0 radical (unpaired) electrons. The van der Waals surface area contributed by atoms with E-state index in [0.29, 0.717) is 6.10 Å². The monoisotopic (exact) mass is 255 g/mol. The van der Waals surface area contributed by atoms with E-state index < -0.39 is 0 Å². The van der Waals surface area contributed by atoms with Crippen molar-refractivity contribution in [1.82, 2.24) is 0 Å². The number of thioether (sulfide) groups is 1. The van der Waals surface area contributed by atoms with E-state index in [4.69, 9.17) is 10.5 Å². The lowest BCUT2D eigenvalue weighted by molar-refractivity contribution is 0.129. The maximum absolute atomic E-state index is 13.2. The Morgan fingerprint density at radius 1 is 1.59 bits per heavy atom. The first kappa shape index (κ1) is 12.9. The molecule has 2 rings (SSSR count). The molecule has 1 fully saturated rings. The molecule has 0 bridgehead atoms. The highest BCUT2D eigenvalue weighted by Gasteiger charge is 2.17. The Morgan fingerprint density at radius 2 is 2.41 bits per heavy atom. The van der Waals surface area contributed by atoms with Gasteiger partial charge in [-0.05, 0) is 43.5 Å². The molecular weight excluding hydrogens is 237 g/mol. The Balaban J connectivity index is 2.03. The van der Waals surface area contributed by atoms with Gasteiger partial charge in [0.15, 0.2) is 0 Å².